The number of anilines is 2. The molecule has 0 aliphatic rings. The van der Waals surface area contributed by atoms with Crippen LogP contribution >= 0.6 is 34.7 Å². The van der Waals surface area contributed by atoms with Gasteiger partial charge in [0.15, 0.2) is 4.34 Å². The second-order valence-electron chi connectivity index (χ2n) is 5.56. The molecule has 2 aromatic carbocycles. The highest BCUT2D eigenvalue weighted by Gasteiger charge is 2.33. The number of carbonyl (C=O) groups excluding carboxylic acids is 1. The van der Waals surface area contributed by atoms with E-state index in [9.17, 15) is 22.4 Å². The number of rotatable bonds is 5. The minimum atomic E-state index is -4.64. The fourth-order valence-electron chi connectivity index (χ4n) is 2.12. The highest BCUT2D eigenvalue weighted by Crippen LogP contribution is 2.36. The van der Waals surface area contributed by atoms with Crippen molar-refractivity contribution in [1.29, 1.82) is 0 Å². The lowest BCUT2D eigenvalue weighted by Gasteiger charge is -2.11. The van der Waals surface area contributed by atoms with E-state index in [1.165, 1.54) is 30.0 Å². The minimum Gasteiger partial charge on any atom is -0.308 e. The van der Waals surface area contributed by atoms with Crippen molar-refractivity contribution in [1.82, 2.24) is 10.2 Å². The van der Waals surface area contributed by atoms with Gasteiger partial charge >= 0.3 is 12.2 Å². The molecule has 0 unspecified atom stereocenters. The number of halogens is 5. The van der Waals surface area contributed by atoms with Crippen LogP contribution < -0.4 is 10.6 Å². The summed E-state index contributed by atoms with van der Waals surface area (Å²) in [4.78, 5) is 12.0. The molecule has 0 aliphatic heterocycles. The summed E-state index contributed by atoms with van der Waals surface area (Å²) >= 11 is 7.99. The van der Waals surface area contributed by atoms with E-state index < -0.39 is 22.8 Å². The molecule has 0 bridgehead atoms. The molecule has 3 aromatic rings. The van der Waals surface area contributed by atoms with Gasteiger partial charge in [0.2, 0.25) is 5.13 Å². The van der Waals surface area contributed by atoms with E-state index in [1.54, 1.807) is 12.1 Å². The minimum absolute atomic E-state index is 0.0744. The molecule has 0 saturated heterocycles. The molecule has 2 amide bonds. The SMILES string of the molecule is O=C(Nc1ccc(Cl)c(C(F)(F)F)c1)Nc1nnc(SCc2ccc(F)cc2)s1. The van der Waals surface area contributed by atoms with Crippen molar-refractivity contribution in [3.8, 4) is 0 Å². The maximum Gasteiger partial charge on any atom is 0.417 e. The van der Waals surface area contributed by atoms with Crippen molar-refractivity contribution >= 4 is 51.5 Å². The van der Waals surface area contributed by atoms with Gasteiger partial charge in [0.25, 0.3) is 0 Å². The van der Waals surface area contributed by atoms with Crippen LogP contribution in [0.5, 0.6) is 0 Å². The Kier molecular flexibility index (Phi) is 6.60. The third-order valence-electron chi connectivity index (χ3n) is 3.43. The van der Waals surface area contributed by atoms with Gasteiger partial charge in [-0.25, -0.2) is 9.18 Å². The van der Waals surface area contributed by atoms with Crippen molar-refractivity contribution < 1.29 is 22.4 Å². The lowest BCUT2D eigenvalue weighted by Crippen LogP contribution is -2.19. The lowest BCUT2D eigenvalue weighted by atomic mass is 10.2. The Bertz CT molecular complexity index is 1010. The number of alkyl halides is 3. The van der Waals surface area contributed by atoms with E-state index >= 15 is 0 Å². The van der Waals surface area contributed by atoms with Gasteiger partial charge in [0, 0.05) is 11.4 Å². The Morgan fingerprint density at radius 2 is 1.83 bits per heavy atom. The Balaban J connectivity index is 1.57. The Hall–Kier alpha value is -2.37. The second kappa shape index (κ2) is 8.97. The first kappa shape index (κ1) is 21.3. The van der Waals surface area contributed by atoms with E-state index in [0.717, 1.165) is 29.0 Å². The van der Waals surface area contributed by atoms with E-state index in [1.807, 2.05) is 0 Å². The molecule has 0 aliphatic carbocycles. The standard InChI is InChI=1S/C17H11ClF4N4OS2/c18-13-6-5-11(7-12(13)17(20,21)22)23-14(27)24-15-25-26-16(29-15)28-8-9-1-3-10(19)4-2-9/h1-7H,8H2,(H2,23,24,25,27). The molecule has 0 saturated carbocycles. The van der Waals surface area contributed by atoms with E-state index in [-0.39, 0.29) is 16.6 Å². The summed E-state index contributed by atoms with van der Waals surface area (Å²) in [6, 6.07) is 8.28. The molecule has 2 N–H and O–H groups in total. The average molecular weight is 463 g/mol. The van der Waals surface area contributed by atoms with Crippen molar-refractivity contribution in [2.75, 3.05) is 10.6 Å². The topological polar surface area (TPSA) is 66.9 Å². The number of hydrogen-bond donors (Lipinski definition) is 2. The summed E-state index contributed by atoms with van der Waals surface area (Å²) in [6.07, 6.45) is -4.64. The summed E-state index contributed by atoms with van der Waals surface area (Å²) in [5.41, 5.74) is -0.232. The Morgan fingerprint density at radius 3 is 2.52 bits per heavy atom. The number of nitrogens with one attached hydrogen (secondary N) is 2. The summed E-state index contributed by atoms with van der Waals surface area (Å²) in [7, 11) is 0. The molecule has 5 nitrogen and oxygen atoms in total. The number of nitrogens with zero attached hydrogens (tertiary/aromatic N) is 2. The van der Waals surface area contributed by atoms with Crippen molar-refractivity contribution in [2.24, 2.45) is 0 Å². The zero-order valence-corrected chi connectivity index (χ0v) is 16.6. The number of benzene rings is 2. The first-order valence-electron chi connectivity index (χ1n) is 7.86. The number of hydrogen-bond acceptors (Lipinski definition) is 5. The molecule has 1 heterocycles. The third kappa shape index (κ3) is 6.05. The molecular weight excluding hydrogens is 452 g/mol. The number of amides is 2. The van der Waals surface area contributed by atoms with Gasteiger partial charge in [0.05, 0.1) is 10.6 Å². The van der Waals surface area contributed by atoms with Crippen LogP contribution in [-0.4, -0.2) is 16.2 Å². The van der Waals surface area contributed by atoms with E-state index in [0.29, 0.717) is 10.1 Å². The van der Waals surface area contributed by atoms with Crippen LogP contribution in [0.2, 0.25) is 5.02 Å². The summed E-state index contributed by atoms with van der Waals surface area (Å²) in [5.74, 6) is 0.210. The van der Waals surface area contributed by atoms with Gasteiger partial charge in [-0.2, -0.15) is 13.2 Å². The largest absolute Gasteiger partial charge is 0.417 e. The quantitative estimate of drug-likeness (QED) is 0.266. The lowest BCUT2D eigenvalue weighted by molar-refractivity contribution is -0.137. The highest BCUT2D eigenvalue weighted by molar-refractivity contribution is 8.00. The number of urea groups is 1. The number of thioether (sulfide) groups is 1. The smallest absolute Gasteiger partial charge is 0.308 e. The fourth-order valence-corrected chi connectivity index (χ4v) is 4.05. The zero-order chi connectivity index (χ0) is 21.0. The van der Waals surface area contributed by atoms with Crippen LogP contribution in [0.1, 0.15) is 11.1 Å². The molecule has 1 aromatic heterocycles. The Morgan fingerprint density at radius 1 is 1.10 bits per heavy atom. The van der Waals surface area contributed by atoms with Crippen LogP contribution in [0.3, 0.4) is 0 Å². The maximum absolute atomic E-state index is 12.9. The number of carbonyl (C=O) groups is 1. The van der Waals surface area contributed by atoms with Gasteiger partial charge in [0.1, 0.15) is 5.82 Å². The fraction of sp³-hybridized carbons (Fsp3) is 0.118. The first-order valence-corrected chi connectivity index (χ1v) is 10.0. The van der Waals surface area contributed by atoms with E-state index in [4.69, 9.17) is 11.6 Å². The molecule has 29 heavy (non-hydrogen) atoms. The molecule has 12 heteroatoms. The zero-order valence-electron chi connectivity index (χ0n) is 14.3. The second-order valence-corrected chi connectivity index (χ2v) is 8.17. The van der Waals surface area contributed by atoms with Gasteiger partial charge in [-0.05, 0) is 35.9 Å². The summed E-state index contributed by atoms with van der Waals surface area (Å²) in [5, 5.41) is 12.1. The van der Waals surface area contributed by atoms with E-state index in [2.05, 4.69) is 20.8 Å². The molecule has 3 rings (SSSR count). The normalized spacial score (nSPS) is 11.3. The molecule has 0 atom stereocenters. The summed E-state index contributed by atoms with van der Waals surface area (Å²) in [6.45, 7) is 0. The van der Waals surface area contributed by atoms with Gasteiger partial charge in [-0.3, -0.25) is 5.32 Å². The van der Waals surface area contributed by atoms with Gasteiger partial charge < -0.3 is 5.32 Å². The van der Waals surface area contributed by atoms with Crippen LogP contribution in [0.4, 0.5) is 33.2 Å². The maximum atomic E-state index is 12.9. The van der Waals surface area contributed by atoms with Crippen molar-refractivity contribution in [3.63, 3.8) is 0 Å². The third-order valence-corrected chi connectivity index (χ3v) is 5.80. The molecule has 0 radical (unpaired) electrons. The number of aromatic nitrogens is 2. The average Bonchev–Trinajstić information content (AvgIpc) is 3.09. The first-order chi connectivity index (χ1) is 13.7. The van der Waals surface area contributed by atoms with Crippen molar-refractivity contribution in [3.05, 3.63) is 64.4 Å². The van der Waals surface area contributed by atoms with Crippen LogP contribution in [0.25, 0.3) is 0 Å². The highest BCUT2D eigenvalue weighted by atomic mass is 35.5. The molecular formula is C17H11ClF4N4OS2. The predicted molar refractivity (Wildman–Crippen MR) is 105 cm³/mol. The summed E-state index contributed by atoms with van der Waals surface area (Å²) < 4.78 is 52.1. The van der Waals surface area contributed by atoms with Gasteiger partial charge in [-0.15, -0.1) is 10.2 Å². The molecule has 0 fully saturated rings. The van der Waals surface area contributed by atoms with Crippen LogP contribution in [0.15, 0.2) is 46.8 Å². The molecule has 0 spiro atoms. The predicted octanol–water partition coefficient (Wildman–Crippen LogP) is 6.29. The molecule has 152 valence electrons. The van der Waals surface area contributed by atoms with Crippen LogP contribution in [0, 0.1) is 5.82 Å². The Labute approximate surface area is 175 Å². The van der Waals surface area contributed by atoms with Crippen LogP contribution in [-0.2, 0) is 11.9 Å². The van der Waals surface area contributed by atoms with Gasteiger partial charge in [-0.1, -0.05) is 46.8 Å². The monoisotopic (exact) mass is 462 g/mol. The van der Waals surface area contributed by atoms with Crippen molar-refractivity contribution in [2.45, 2.75) is 16.3 Å².